The first-order valence-electron chi connectivity index (χ1n) is 3.91. The average molecular weight is 239 g/mol. The van der Waals surface area contributed by atoms with Crippen molar-refractivity contribution in [1.29, 1.82) is 0 Å². The molecule has 0 amide bonds. The maximum atomic E-state index is 12.7. The molecule has 0 aliphatic carbocycles. The summed E-state index contributed by atoms with van der Waals surface area (Å²) in [7, 11) is -3.77. The van der Waals surface area contributed by atoms with Crippen molar-refractivity contribution in [2.24, 2.45) is 0 Å². The van der Waals surface area contributed by atoms with E-state index in [1.165, 1.54) is 7.05 Å². The third kappa shape index (κ3) is 2.93. The van der Waals surface area contributed by atoms with Gasteiger partial charge in [-0.05, 0) is 24.7 Å². The Morgan fingerprint density at radius 1 is 1.20 bits per heavy atom. The van der Waals surface area contributed by atoms with Crippen LogP contribution in [0.25, 0.3) is 0 Å². The lowest BCUT2D eigenvalue weighted by Crippen LogP contribution is -2.22. The van der Waals surface area contributed by atoms with Crippen molar-refractivity contribution in [2.75, 3.05) is 7.05 Å². The van der Waals surface area contributed by atoms with Crippen molar-refractivity contribution >= 4 is 10.2 Å². The highest BCUT2D eigenvalue weighted by Crippen LogP contribution is 2.22. The van der Waals surface area contributed by atoms with Gasteiger partial charge in [0.15, 0.2) is 5.37 Å². The Morgan fingerprint density at radius 2 is 1.67 bits per heavy atom. The van der Waals surface area contributed by atoms with Crippen LogP contribution in [0, 0.1) is 11.6 Å². The van der Waals surface area contributed by atoms with Crippen LogP contribution in [0.5, 0.6) is 0 Å². The smallest absolute Gasteiger partial charge is 0.298 e. The predicted octanol–water partition coefficient (Wildman–Crippen LogP) is 1.48. The van der Waals surface area contributed by atoms with E-state index in [-0.39, 0.29) is 5.56 Å². The minimum atomic E-state index is -4.95. The Balaban J connectivity index is 3.25. The highest BCUT2D eigenvalue weighted by Gasteiger charge is 2.25. The second kappa shape index (κ2) is 4.19. The van der Waals surface area contributed by atoms with Gasteiger partial charge in [-0.25, -0.2) is 8.78 Å². The molecule has 0 saturated carbocycles. The van der Waals surface area contributed by atoms with Crippen LogP contribution in [0.1, 0.15) is 10.9 Å². The molecule has 0 saturated heterocycles. The molecule has 1 rings (SSSR count). The standard InChI is InChI=1S/C8H8F3NO2S/c1-12-8(15(11,13)14)5-2-6(9)4-7(10)3-5/h2-4,8,12H,1H3. The van der Waals surface area contributed by atoms with E-state index in [2.05, 4.69) is 5.32 Å². The fourth-order valence-corrected chi connectivity index (χ4v) is 1.94. The summed E-state index contributed by atoms with van der Waals surface area (Å²) in [6, 6.07) is 2.07. The number of halogens is 3. The zero-order valence-electron chi connectivity index (χ0n) is 7.67. The van der Waals surface area contributed by atoms with Gasteiger partial charge in [-0.1, -0.05) is 0 Å². The lowest BCUT2D eigenvalue weighted by atomic mass is 10.2. The number of nitrogens with one attached hydrogen (secondary N) is 1. The minimum Gasteiger partial charge on any atom is -0.298 e. The quantitative estimate of drug-likeness (QED) is 0.813. The molecule has 0 aliphatic rings. The maximum Gasteiger partial charge on any atom is 0.322 e. The first-order valence-corrected chi connectivity index (χ1v) is 5.36. The van der Waals surface area contributed by atoms with Gasteiger partial charge in [0.2, 0.25) is 0 Å². The van der Waals surface area contributed by atoms with Crippen molar-refractivity contribution in [3.05, 3.63) is 35.4 Å². The zero-order chi connectivity index (χ0) is 11.6. The summed E-state index contributed by atoms with van der Waals surface area (Å²) in [6.07, 6.45) is 0. The molecular weight excluding hydrogens is 231 g/mol. The van der Waals surface area contributed by atoms with Gasteiger partial charge in [0.05, 0.1) is 0 Å². The molecule has 0 spiro atoms. The molecule has 0 radical (unpaired) electrons. The Kier molecular flexibility index (Phi) is 3.35. The number of benzene rings is 1. The zero-order valence-corrected chi connectivity index (χ0v) is 8.48. The number of hydrogen-bond donors (Lipinski definition) is 1. The van der Waals surface area contributed by atoms with Crippen LogP contribution >= 0.6 is 0 Å². The van der Waals surface area contributed by atoms with Gasteiger partial charge in [0, 0.05) is 6.07 Å². The van der Waals surface area contributed by atoms with Crippen molar-refractivity contribution in [3.63, 3.8) is 0 Å². The second-order valence-corrected chi connectivity index (χ2v) is 4.27. The van der Waals surface area contributed by atoms with Gasteiger partial charge < -0.3 is 0 Å². The van der Waals surface area contributed by atoms with Crippen molar-refractivity contribution in [1.82, 2.24) is 5.32 Å². The molecule has 1 atom stereocenters. The van der Waals surface area contributed by atoms with Crippen LogP contribution in [-0.4, -0.2) is 15.5 Å². The van der Waals surface area contributed by atoms with Gasteiger partial charge in [-0.2, -0.15) is 8.42 Å². The number of hydrogen-bond acceptors (Lipinski definition) is 3. The lowest BCUT2D eigenvalue weighted by molar-refractivity contribution is 0.521. The molecule has 0 aliphatic heterocycles. The maximum absolute atomic E-state index is 12.7. The first-order chi connectivity index (χ1) is 6.84. The van der Waals surface area contributed by atoms with Gasteiger partial charge >= 0.3 is 10.2 Å². The SMILES string of the molecule is CNC(c1cc(F)cc(F)c1)S(=O)(=O)F. The van der Waals surface area contributed by atoms with E-state index in [1.807, 2.05) is 0 Å². The van der Waals surface area contributed by atoms with E-state index in [4.69, 9.17) is 0 Å². The Hall–Kier alpha value is -1.08. The molecule has 84 valence electrons. The van der Waals surface area contributed by atoms with Crippen LogP contribution in [0.15, 0.2) is 18.2 Å². The monoisotopic (exact) mass is 239 g/mol. The summed E-state index contributed by atoms with van der Waals surface area (Å²) >= 11 is 0. The Labute approximate surface area is 85.1 Å². The third-order valence-corrected chi connectivity index (χ3v) is 2.80. The summed E-state index contributed by atoms with van der Waals surface area (Å²) in [4.78, 5) is 0. The molecule has 1 N–H and O–H groups in total. The fraction of sp³-hybridized carbons (Fsp3) is 0.250. The summed E-state index contributed by atoms with van der Waals surface area (Å²) in [6.45, 7) is 0. The van der Waals surface area contributed by atoms with Crippen LogP contribution in [0.2, 0.25) is 0 Å². The molecule has 1 aromatic rings. The minimum absolute atomic E-state index is 0.322. The van der Waals surface area contributed by atoms with E-state index in [1.54, 1.807) is 0 Å². The third-order valence-electron chi connectivity index (χ3n) is 1.73. The van der Waals surface area contributed by atoms with Gasteiger partial charge in [-0.3, -0.25) is 5.32 Å². The van der Waals surface area contributed by atoms with Gasteiger partial charge in [0.25, 0.3) is 0 Å². The normalized spacial score (nSPS) is 13.9. The van der Waals surface area contributed by atoms with E-state index in [0.717, 1.165) is 12.1 Å². The van der Waals surface area contributed by atoms with E-state index in [0.29, 0.717) is 6.07 Å². The van der Waals surface area contributed by atoms with E-state index in [9.17, 15) is 21.1 Å². The predicted molar refractivity (Wildman–Crippen MR) is 48.2 cm³/mol. The van der Waals surface area contributed by atoms with Gasteiger partial charge in [-0.15, -0.1) is 3.89 Å². The van der Waals surface area contributed by atoms with Crippen LogP contribution < -0.4 is 5.32 Å². The number of rotatable bonds is 3. The summed E-state index contributed by atoms with van der Waals surface area (Å²) in [5.41, 5.74) is -0.322. The molecule has 0 bridgehead atoms. The fourth-order valence-electron chi connectivity index (χ4n) is 1.20. The molecule has 7 heteroatoms. The molecule has 0 aromatic heterocycles. The molecular formula is C8H8F3NO2S. The van der Waals surface area contributed by atoms with Crippen LogP contribution in [0.4, 0.5) is 12.7 Å². The molecule has 1 aromatic carbocycles. The van der Waals surface area contributed by atoms with E-state index < -0.39 is 27.2 Å². The molecule has 3 nitrogen and oxygen atoms in total. The molecule has 15 heavy (non-hydrogen) atoms. The summed E-state index contributed by atoms with van der Waals surface area (Å²) < 4.78 is 59.3. The van der Waals surface area contributed by atoms with Crippen molar-refractivity contribution < 1.29 is 21.1 Å². The highest BCUT2D eigenvalue weighted by molar-refractivity contribution is 7.86. The highest BCUT2D eigenvalue weighted by atomic mass is 32.3. The molecule has 0 fully saturated rings. The van der Waals surface area contributed by atoms with Crippen LogP contribution in [0.3, 0.4) is 0 Å². The Morgan fingerprint density at radius 3 is 2.00 bits per heavy atom. The first kappa shape index (κ1) is 12.0. The van der Waals surface area contributed by atoms with Crippen molar-refractivity contribution in [2.45, 2.75) is 5.37 Å². The lowest BCUT2D eigenvalue weighted by Gasteiger charge is -2.11. The van der Waals surface area contributed by atoms with Crippen LogP contribution in [-0.2, 0) is 10.2 Å². The van der Waals surface area contributed by atoms with Crippen molar-refractivity contribution in [3.8, 4) is 0 Å². The topological polar surface area (TPSA) is 46.2 Å². The Bertz CT molecular complexity index is 441. The molecule has 1 unspecified atom stereocenters. The van der Waals surface area contributed by atoms with Gasteiger partial charge in [0.1, 0.15) is 11.6 Å². The largest absolute Gasteiger partial charge is 0.322 e. The van der Waals surface area contributed by atoms with E-state index >= 15 is 0 Å². The summed E-state index contributed by atoms with van der Waals surface area (Å²) in [5.74, 6) is -1.93. The second-order valence-electron chi connectivity index (χ2n) is 2.85. The average Bonchev–Trinajstić information content (AvgIpc) is 1.99. The molecule has 0 heterocycles. The summed E-state index contributed by atoms with van der Waals surface area (Å²) in [5, 5.41) is 0.355.